The molecule has 0 saturated heterocycles. The first kappa shape index (κ1) is 14.4. The van der Waals surface area contributed by atoms with E-state index in [-0.39, 0.29) is 12.2 Å². The number of rotatable bonds is 9. The number of carbonyl (C=O) groups excluding carboxylic acids is 1. The second-order valence-corrected chi connectivity index (χ2v) is 4.45. The van der Waals surface area contributed by atoms with Gasteiger partial charge in [0, 0.05) is 18.4 Å². The number of unbranched alkanes of at least 4 members (excludes halogenated alkanes) is 4. The second-order valence-electron chi connectivity index (χ2n) is 4.45. The summed E-state index contributed by atoms with van der Waals surface area (Å²) in [6.45, 7) is 0. The zero-order valence-electron chi connectivity index (χ0n) is 10.6. The first-order valence-corrected chi connectivity index (χ1v) is 6.50. The molecule has 0 unspecified atom stereocenters. The van der Waals surface area contributed by atoms with Crippen LogP contribution >= 0.6 is 0 Å². The highest BCUT2D eigenvalue weighted by atomic mass is 16.4. The van der Waals surface area contributed by atoms with E-state index in [1.807, 2.05) is 30.3 Å². The zero-order valence-corrected chi connectivity index (χ0v) is 10.6. The fraction of sp³-hybridized carbons (Fsp3) is 0.467. The number of Topliss-reactive ketones (excluding diaryl/α,β-unsaturated/α-hetero) is 1. The lowest BCUT2D eigenvalue weighted by Gasteiger charge is -2.01. The van der Waals surface area contributed by atoms with Gasteiger partial charge in [-0.25, -0.2) is 0 Å². The lowest BCUT2D eigenvalue weighted by atomic mass is 10.0. The van der Waals surface area contributed by atoms with Gasteiger partial charge >= 0.3 is 5.97 Å². The molecule has 1 N–H and O–H groups in total. The summed E-state index contributed by atoms with van der Waals surface area (Å²) in [4.78, 5) is 22.0. The molecule has 0 fully saturated rings. The highest BCUT2D eigenvalue weighted by molar-refractivity contribution is 5.95. The summed E-state index contributed by atoms with van der Waals surface area (Å²) in [7, 11) is 0. The van der Waals surface area contributed by atoms with Gasteiger partial charge in [-0.05, 0) is 12.8 Å². The summed E-state index contributed by atoms with van der Waals surface area (Å²) in [5, 5.41) is 8.47. The molecule has 1 rings (SSSR count). The van der Waals surface area contributed by atoms with Crippen molar-refractivity contribution in [2.75, 3.05) is 0 Å². The van der Waals surface area contributed by atoms with Crippen molar-refractivity contribution in [1.82, 2.24) is 0 Å². The third-order valence-corrected chi connectivity index (χ3v) is 2.89. The Bertz CT molecular complexity index is 371. The Labute approximate surface area is 108 Å². The van der Waals surface area contributed by atoms with Gasteiger partial charge in [0.05, 0.1) is 0 Å². The minimum Gasteiger partial charge on any atom is -0.481 e. The molecule has 0 heterocycles. The molecule has 0 amide bonds. The molecular formula is C15H20O3. The smallest absolute Gasteiger partial charge is 0.303 e. The molecule has 3 nitrogen and oxygen atoms in total. The molecule has 0 radical (unpaired) electrons. The minimum atomic E-state index is -0.728. The van der Waals surface area contributed by atoms with Crippen LogP contribution < -0.4 is 0 Å². The summed E-state index contributed by atoms with van der Waals surface area (Å²) in [6.07, 6.45) is 5.41. The van der Waals surface area contributed by atoms with Crippen molar-refractivity contribution in [1.29, 1.82) is 0 Å². The quantitative estimate of drug-likeness (QED) is 0.535. The maximum Gasteiger partial charge on any atom is 0.303 e. The fourth-order valence-corrected chi connectivity index (χ4v) is 1.86. The first-order chi connectivity index (χ1) is 8.70. The molecule has 1 aromatic carbocycles. The summed E-state index contributed by atoms with van der Waals surface area (Å²) in [6, 6.07) is 9.34. The number of aliphatic carboxylic acids is 1. The van der Waals surface area contributed by atoms with Crippen LogP contribution in [0.4, 0.5) is 0 Å². The molecule has 0 aliphatic carbocycles. The fourth-order valence-electron chi connectivity index (χ4n) is 1.86. The van der Waals surface area contributed by atoms with Crippen LogP contribution in [0.15, 0.2) is 30.3 Å². The molecule has 18 heavy (non-hydrogen) atoms. The van der Waals surface area contributed by atoms with Crippen molar-refractivity contribution in [3.05, 3.63) is 35.9 Å². The number of hydrogen-bond acceptors (Lipinski definition) is 2. The van der Waals surface area contributed by atoms with E-state index in [2.05, 4.69) is 0 Å². The number of carboxylic acids is 1. The highest BCUT2D eigenvalue weighted by Gasteiger charge is 2.04. The van der Waals surface area contributed by atoms with Crippen molar-refractivity contribution in [3.8, 4) is 0 Å². The van der Waals surface area contributed by atoms with Crippen LogP contribution in [-0.2, 0) is 4.79 Å². The lowest BCUT2D eigenvalue weighted by molar-refractivity contribution is -0.137. The number of carboxylic acid groups (broad SMARTS) is 1. The van der Waals surface area contributed by atoms with Gasteiger partial charge < -0.3 is 5.11 Å². The number of benzene rings is 1. The van der Waals surface area contributed by atoms with Gasteiger partial charge in [-0.1, -0.05) is 49.6 Å². The van der Waals surface area contributed by atoms with Crippen molar-refractivity contribution >= 4 is 11.8 Å². The van der Waals surface area contributed by atoms with Gasteiger partial charge in [0.25, 0.3) is 0 Å². The van der Waals surface area contributed by atoms with Gasteiger partial charge in [-0.15, -0.1) is 0 Å². The van der Waals surface area contributed by atoms with E-state index in [0.29, 0.717) is 6.42 Å². The van der Waals surface area contributed by atoms with Crippen LogP contribution in [0.1, 0.15) is 55.3 Å². The van der Waals surface area contributed by atoms with Gasteiger partial charge in [-0.2, -0.15) is 0 Å². The Balaban J connectivity index is 2.05. The zero-order chi connectivity index (χ0) is 13.2. The summed E-state index contributed by atoms with van der Waals surface area (Å²) in [5.41, 5.74) is 0.781. The van der Waals surface area contributed by atoms with E-state index >= 15 is 0 Å². The van der Waals surface area contributed by atoms with Gasteiger partial charge in [0.15, 0.2) is 5.78 Å². The standard InChI is InChI=1S/C15H20O3/c16-14(13-9-5-4-6-10-13)11-7-2-1-3-8-12-15(17)18/h4-6,9-10H,1-3,7-8,11-12H2,(H,17,18). The predicted molar refractivity (Wildman–Crippen MR) is 70.7 cm³/mol. The first-order valence-electron chi connectivity index (χ1n) is 6.50. The molecule has 0 aliphatic rings. The number of hydrogen-bond donors (Lipinski definition) is 1. The van der Waals surface area contributed by atoms with Crippen LogP contribution in [0.3, 0.4) is 0 Å². The Kier molecular flexibility index (Phi) is 6.77. The monoisotopic (exact) mass is 248 g/mol. The van der Waals surface area contributed by atoms with Crippen molar-refractivity contribution < 1.29 is 14.7 Å². The Morgan fingerprint density at radius 2 is 1.39 bits per heavy atom. The molecule has 98 valence electrons. The van der Waals surface area contributed by atoms with Crippen LogP contribution in [-0.4, -0.2) is 16.9 Å². The molecule has 1 aromatic rings. The largest absolute Gasteiger partial charge is 0.481 e. The summed E-state index contributed by atoms with van der Waals surface area (Å²) in [5.74, 6) is -0.532. The van der Waals surface area contributed by atoms with Gasteiger partial charge in [-0.3, -0.25) is 9.59 Å². The third kappa shape index (κ3) is 6.18. The summed E-state index contributed by atoms with van der Waals surface area (Å²) < 4.78 is 0. The predicted octanol–water partition coefficient (Wildman–Crippen LogP) is 3.68. The van der Waals surface area contributed by atoms with Crippen molar-refractivity contribution in [2.45, 2.75) is 44.9 Å². The number of ketones is 1. The molecule has 0 spiro atoms. The van der Waals surface area contributed by atoms with Gasteiger partial charge in [0.2, 0.25) is 0 Å². The topological polar surface area (TPSA) is 54.4 Å². The Morgan fingerprint density at radius 1 is 0.833 bits per heavy atom. The average molecular weight is 248 g/mol. The van der Waals surface area contributed by atoms with Gasteiger partial charge in [0.1, 0.15) is 0 Å². The molecule has 0 atom stereocenters. The molecule has 3 heteroatoms. The van der Waals surface area contributed by atoms with Crippen molar-refractivity contribution in [2.24, 2.45) is 0 Å². The molecule has 0 bridgehead atoms. The summed E-state index contributed by atoms with van der Waals surface area (Å²) >= 11 is 0. The van der Waals surface area contributed by atoms with Crippen LogP contribution in [0, 0.1) is 0 Å². The Hall–Kier alpha value is -1.64. The highest BCUT2D eigenvalue weighted by Crippen LogP contribution is 2.10. The Morgan fingerprint density at radius 3 is 2.00 bits per heavy atom. The SMILES string of the molecule is O=C(O)CCCCCCCC(=O)c1ccccc1. The molecule has 0 saturated carbocycles. The van der Waals surface area contributed by atoms with E-state index in [1.165, 1.54) is 0 Å². The van der Waals surface area contributed by atoms with E-state index in [9.17, 15) is 9.59 Å². The van der Waals surface area contributed by atoms with Crippen LogP contribution in [0.5, 0.6) is 0 Å². The molecule has 0 aromatic heterocycles. The van der Waals surface area contributed by atoms with E-state index in [1.54, 1.807) is 0 Å². The minimum absolute atomic E-state index is 0.195. The molecule has 0 aliphatic heterocycles. The van der Waals surface area contributed by atoms with E-state index < -0.39 is 5.97 Å². The third-order valence-electron chi connectivity index (χ3n) is 2.89. The maximum atomic E-state index is 11.7. The van der Waals surface area contributed by atoms with Crippen LogP contribution in [0.25, 0.3) is 0 Å². The second kappa shape index (κ2) is 8.45. The molecular weight excluding hydrogens is 228 g/mol. The average Bonchev–Trinajstić information content (AvgIpc) is 2.38. The maximum absolute atomic E-state index is 11.7. The number of carbonyl (C=O) groups is 2. The van der Waals surface area contributed by atoms with Crippen LogP contribution in [0.2, 0.25) is 0 Å². The normalized spacial score (nSPS) is 10.2. The van der Waals surface area contributed by atoms with E-state index in [0.717, 1.165) is 37.7 Å². The van der Waals surface area contributed by atoms with Crippen molar-refractivity contribution in [3.63, 3.8) is 0 Å². The lowest BCUT2D eigenvalue weighted by Crippen LogP contribution is -1.98. The van der Waals surface area contributed by atoms with E-state index in [4.69, 9.17) is 5.11 Å².